The quantitative estimate of drug-likeness (QED) is 0.819. The SMILES string of the molecule is CS(=O)(=O)NCC(=O)c1ccc(Cl)s1. The van der Waals surface area contributed by atoms with E-state index in [-0.39, 0.29) is 12.3 Å². The molecule has 0 radical (unpaired) electrons. The van der Waals surface area contributed by atoms with Crippen molar-refractivity contribution in [2.24, 2.45) is 0 Å². The van der Waals surface area contributed by atoms with Crippen molar-refractivity contribution in [2.75, 3.05) is 12.8 Å². The highest BCUT2D eigenvalue weighted by atomic mass is 35.5. The van der Waals surface area contributed by atoms with Crippen LogP contribution in [0.15, 0.2) is 12.1 Å². The second-order valence-electron chi connectivity index (χ2n) is 2.62. The molecule has 0 unspecified atom stereocenters. The van der Waals surface area contributed by atoms with Gasteiger partial charge in [-0.1, -0.05) is 11.6 Å². The highest BCUT2D eigenvalue weighted by molar-refractivity contribution is 7.88. The summed E-state index contributed by atoms with van der Waals surface area (Å²) >= 11 is 6.75. The first-order chi connectivity index (χ1) is 6.38. The number of thiophene rings is 1. The highest BCUT2D eigenvalue weighted by Gasteiger charge is 2.10. The Kier molecular flexibility index (Phi) is 3.65. The second-order valence-corrected chi connectivity index (χ2v) is 6.17. The number of rotatable bonds is 4. The molecular formula is C7H8ClNO3S2. The Morgan fingerprint density at radius 3 is 2.64 bits per heavy atom. The smallest absolute Gasteiger partial charge is 0.209 e. The molecule has 0 aromatic carbocycles. The van der Waals surface area contributed by atoms with Crippen molar-refractivity contribution in [2.45, 2.75) is 0 Å². The van der Waals surface area contributed by atoms with Crippen LogP contribution in [0.25, 0.3) is 0 Å². The van der Waals surface area contributed by atoms with E-state index < -0.39 is 10.0 Å². The van der Waals surface area contributed by atoms with Gasteiger partial charge in [0.25, 0.3) is 0 Å². The molecule has 1 heterocycles. The lowest BCUT2D eigenvalue weighted by atomic mass is 10.3. The predicted molar refractivity (Wildman–Crippen MR) is 56.5 cm³/mol. The Morgan fingerprint density at radius 2 is 2.21 bits per heavy atom. The lowest BCUT2D eigenvalue weighted by Gasteiger charge is -1.98. The Bertz CT molecular complexity index is 438. The highest BCUT2D eigenvalue weighted by Crippen LogP contribution is 2.21. The van der Waals surface area contributed by atoms with Gasteiger partial charge >= 0.3 is 0 Å². The molecule has 0 fully saturated rings. The molecule has 78 valence electrons. The molecule has 1 rings (SSSR count). The Labute approximate surface area is 90.9 Å². The lowest BCUT2D eigenvalue weighted by molar-refractivity contribution is 0.100. The summed E-state index contributed by atoms with van der Waals surface area (Å²) in [5.41, 5.74) is 0. The van der Waals surface area contributed by atoms with E-state index in [1.807, 2.05) is 0 Å². The molecule has 0 aliphatic rings. The zero-order valence-electron chi connectivity index (χ0n) is 7.28. The molecule has 7 heteroatoms. The predicted octanol–water partition coefficient (Wildman–Crippen LogP) is 1.13. The number of hydrogen-bond acceptors (Lipinski definition) is 4. The molecule has 0 saturated carbocycles. The van der Waals surface area contributed by atoms with Crippen molar-refractivity contribution in [3.05, 3.63) is 21.3 Å². The summed E-state index contributed by atoms with van der Waals surface area (Å²) in [4.78, 5) is 11.8. The van der Waals surface area contributed by atoms with E-state index in [4.69, 9.17) is 11.6 Å². The third-order valence-electron chi connectivity index (χ3n) is 1.34. The second kappa shape index (κ2) is 4.39. The number of nitrogens with one attached hydrogen (secondary N) is 1. The molecule has 0 aliphatic carbocycles. The average Bonchev–Trinajstić information content (AvgIpc) is 2.46. The number of carbonyl (C=O) groups excluding carboxylic acids is 1. The molecule has 0 aliphatic heterocycles. The van der Waals surface area contributed by atoms with Gasteiger partial charge in [-0.2, -0.15) is 0 Å². The van der Waals surface area contributed by atoms with Gasteiger partial charge in [-0.3, -0.25) is 4.79 Å². The van der Waals surface area contributed by atoms with Gasteiger partial charge in [0.15, 0.2) is 5.78 Å². The van der Waals surface area contributed by atoms with Crippen LogP contribution in [0.1, 0.15) is 9.67 Å². The van der Waals surface area contributed by atoms with Crippen LogP contribution in [0.3, 0.4) is 0 Å². The third kappa shape index (κ3) is 3.75. The lowest BCUT2D eigenvalue weighted by Crippen LogP contribution is -2.28. The van der Waals surface area contributed by atoms with Crippen LogP contribution < -0.4 is 4.72 Å². The molecular weight excluding hydrogens is 246 g/mol. The number of ketones is 1. The zero-order chi connectivity index (χ0) is 10.8. The van der Waals surface area contributed by atoms with Crippen molar-refractivity contribution in [1.29, 1.82) is 0 Å². The first-order valence-corrected chi connectivity index (χ1v) is 6.70. The monoisotopic (exact) mass is 253 g/mol. The van der Waals surface area contributed by atoms with Crippen LogP contribution in [0.2, 0.25) is 4.34 Å². The molecule has 4 nitrogen and oxygen atoms in total. The van der Waals surface area contributed by atoms with E-state index in [0.29, 0.717) is 9.21 Å². The van der Waals surface area contributed by atoms with Gasteiger partial charge in [0.05, 0.1) is 22.0 Å². The van der Waals surface area contributed by atoms with Crippen molar-refractivity contribution in [3.8, 4) is 0 Å². The van der Waals surface area contributed by atoms with Crippen molar-refractivity contribution < 1.29 is 13.2 Å². The van der Waals surface area contributed by atoms with E-state index in [0.717, 1.165) is 17.6 Å². The minimum Gasteiger partial charge on any atom is -0.292 e. The standard InChI is InChI=1S/C7H8ClNO3S2/c1-14(11,12)9-4-5(10)6-2-3-7(8)13-6/h2-3,9H,4H2,1H3. The number of sulfonamides is 1. The van der Waals surface area contributed by atoms with Crippen molar-refractivity contribution >= 4 is 38.7 Å². The van der Waals surface area contributed by atoms with Crippen LogP contribution in [0, 0.1) is 0 Å². The Morgan fingerprint density at radius 1 is 1.57 bits per heavy atom. The normalized spacial score (nSPS) is 11.6. The van der Waals surface area contributed by atoms with Gasteiger partial charge in [-0.15, -0.1) is 11.3 Å². The Balaban J connectivity index is 2.60. The molecule has 0 amide bonds. The van der Waals surface area contributed by atoms with Crippen LogP contribution in [-0.2, 0) is 10.0 Å². The van der Waals surface area contributed by atoms with Crippen LogP contribution >= 0.6 is 22.9 Å². The maximum absolute atomic E-state index is 11.3. The fourth-order valence-corrected chi connectivity index (χ4v) is 2.12. The molecule has 1 aromatic heterocycles. The van der Waals surface area contributed by atoms with Gasteiger partial charge in [-0.25, -0.2) is 13.1 Å². The van der Waals surface area contributed by atoms with Crippen LogP contribution in [0.4, 0.5) is 0 Å². The van der Waals surface area contributed by atoms with E-state index >= 15 is 0 Å². The van der Waals surface area contributed by atoms with Gasteiger partial charge in [0.1, 0.15) is 0 Å². The van der Waals surface area contributed by atoms with E-state index in [1.54, 1.807) is 12.1 Å². The van der Waals surface area contributed by atoms with E-state index in [1.165, 1.54) is 0 Å². The van der Waals surface area contributed by atoms with E-state index in [9.17, 15) is 13.2 Å². The molecule has 0 saturated heterocycles. The van der Waals surface area contributed by atoms with Crippen molar-refractivity contribution in [3.63, 3.8) is 0 Å². The van der Waals surface area contributed by atoms with Gasteiger partial charge in [0.2, 0.25) is 10.0 Å². The van der Waals surface area contributed by atoms with Gasteiger partial charge < -0.3 is 0 Å². The summed E-state index contributed by atoms with van der Waals surface area (Å²) in [5, 5.41) is 0. The summed E-state index contributed by atoms with van der Waals surface area (Å²) in [7, 11) is -3.32. The fraction of sp³-hybridized carbons (Fsp3) is 0.286. The van der Waals surface area contributed by atoms with Crippen LogP contribution in [0.5, 0.6) is 0 Å². The maximum atomic E-state index is 11.3. The number of carbonyl (C=O) groups is 1. The van der Waals surface area contributed by atoms with E-state index in [2.05, 4.69) is 4.72 Å². The minimum atomic E-state index is -3.32. The van der Waals surface area contributed by atoms with Gasteiger partial charge in [-0.05, 0) is 12.1 Å². The Hall–Kier alpha value is -0.430. The molecule has 0 atom stereocenters. The maximum Gasteiger partial charge on any atom is 0.209 e. The fourth-order valence-electron chi connectivity index (χ4n) is 0.748. The first kappa shape index (κ1) is 11.6. The summed E-state index contributed by atoms with van der Waals surface area (Å²) in [5.74, 6) is -0.285. The molecule has 0 bridgehead atoms. The van der Waals surface area contributed by atoms with Crippen LogP contribution in [-0.4, -0.2) is 27.0 Å². The largest absolute Gasteiger partial charge is 0.292 e. The number of Topliss-reactive ketones (excluding diaryl/α,β-unsaturated/α-hetero) is 1. The molecule has 14 heavy (non-hydrogen) atoms. The molecule has 1 N–H and O–H groups in total. The number of halogens is 1. The van der Waals surface area contributed by atoms with Crippen molar-refractivity contribution in [1.82, 2.24) is 4.72 Å². The summed E-state index contributed by atoms with van der Waals surface area (Å²) < 4.78 is 24.0. The summed E-state index contributed by atoms with van der Waals surface area (Å²) in [6, 6.07) is 3.17. The first-order valence-electron chi connectivity index (χ1n) is 3.61. The summed E-state index contributed by atoms with van der Waals surface area (Å²) in [6.45, 7) is -0.227. The topological polar surface area (TPSA) is 63.2 Å². The average molecular weight is 254 g/mol. The molecule has 1 aromatic rings. The molecule has 0 spiro atoms. The number of hydrogen-bond donors (Lipinski definition) is 1. The third-order valence-corrected chi connectivity index (χ3v) is 3.28. The van der Waals surface area contributed by atoms with Gasteiger partial charge in [0, 0.05) is 0 Å². The summed E-state index contributed by atoms with van der Waals surface area (Å²) in [6.07, 6.45) is 1.00. The minimum absolute atomic E-state index is 0.227. The zero-order valence-corrected chi connectivity index (χ0v) is 9.67.